The quantitative estimate of drug-likeness (QED) is 0.217. The molecule has 5 atom stereocenters. The molecule has 7 N–H and O–H groups in total. The van der Waals surface area contributed by atoms with E-state index in [1.807, 2.05) is 74.5 Å². The SMILES string of the molecule is CC(C)[C@@H](C(=O)N[C@@H](Cc1ccccc1)C[C@H](O)[C@@H](N)Cc1ccccc1)N1CCCNC1=O.O=C1CC[C@@H](C(=O)O)N1. The van der Waals surface area contributed by atoms with Gasteiger partial charge in [0.25, 0.3) is 0 Å². The molecular formula is C32H45N5O6. The van der Waals surface area contributed by atoms with Gasteiger partial charge in [-0.15, -0.1) is 0 Å². The van der Waals surface area contributed by atoms with Gasteiger partial charge in [0, 0.05) is 31.6 Å². The number of carbonyl (C=O) groups is 4. The Hall–Kier alpha value is -3.96. The number of nitrogens with one attached hydrogen (secondary N) is 3. The van der Waals surface area contributed by atoms with Crippen LogP contribution in [0.4, 0.5) is 4.79 Å². The lowest BCUT2D eigenvalue weighted by Gasteiger charge is -2.37. The lowest BCUT2D eigenvalue weighted by molar-refractivity contribution is -0.140. The molecule has 0 unspecified atom stereocenters. The predicted octanol–water partition coefficient (Wildman–Crippen LogP) is 1.82. The van der Waals surface area contributed by atoms with Crippen molar-refractivity contribution in [3.8, 4) is 0 Å². The van der Waals surface area contributed by atoms with E-state index in [0.717, 1.165) is 17.5 Å². The molecule has 2 saturated heterocycles. The summed E-state index contributed by atoms with van der Waals surface area (Å²) in [7, 11) is 0. The Morgan fingerprint density at radius 1 is 1.02 bits per heavy atom. The van der Waals surface area contributed by atoms with Crippen molar-refractivity contribution in [1.82, 2.24) is 20.9 Å². The second-order valence-corrected chi connectivity index (χ2v) is 11.5. The van der Waals surface area contributed by atoms with Crippen LogP contribution in [0.3, 0.4) is 0 Å². The zero-order chi connectivity index (χ0) is 31.4. The summed E-state index contributed by atoms with van der Waals surface area (Å²) in [5.74, 6) is -1.36. The van der Waals surface area contributed by atoms with Crippen LogP contribution in [-0.4, -0.2) is 82.3 Å². The van der Waals surface area contributed by atoms with Crippen LogP contribution in [0.2, 0.25) is 0 Å². The standard InChI is InChI=1S/C27H38N4O3.C5H7NO3/c1-19(2)25(31-15-9-14-29-27(31)34)26(33)30-22(16-20-10-5-3-6-11-20)18-24(32)23(28)17-21-12-7-4-8-13-21;7-4-2-1-3(6-4)5(8)9/h3-8,10-13,19,22-25,32H,9,14-18,28H2,1-2H3,(H,29,34)(H,30,33);3H,1-2H2,(H,6,7)(H,8,9)/t22-,23-,24-,25-;3-/m00/s1. The Labute approximate surface area is 253 Å². The normalized spacial score (nSPS) is 19.3. The second kappa shape index (κ2) is 16.6. The molecule has 234 valence electrons. The van der Waals surface area contributed by atoms with Crippen LogP contribution in [0, 0.1) is 5.92 Å². The molecule has 43 heavy (non-hydrogen) atoms. The highest BCUT2D eigenvalue weighted by Crippen LogP contribution is 2.17. The van der Waals surface area contributed by atoms with E-state index in [-0.39, 0.29) is 29.8 Å². The van der Waals surface area contributed by atoms with Crippen LogP contribution in [0.1, 0.15) is 50.7 Å². The van der Waals surface area contributed by atoms with Gasteiger partial charge < -0.3 is 36.8 Å². The van der Waals surface area contributed by atoms with Crippen molar-refractivity contribution in [2.24, 2.45) is 11.7 Å². The van der Waals surface area contributed by atoms with Gasteiger partial charge in [-0.3, -0.25) is 9.59 Å². The third-order valence-electron chi connectivity index (χ3n) is 7.65. The average molecular weight is 596 g/mol. The Bertz CT molecular complexity index is 1200. The molecule has 4 amide bonds. The van der Waals surface area contributed by atoms with E-state index in [0.29, 0.717) is 45.2 Å². The number of carboxylic acids is 1. The van der Waals surface area contributed by atoms with Gasteiger partial charge in [-0.25, -0.2) is 9.59 Å². The van der Waals surface area contributed by atoms with Crippen molar-refractivity contribution in [1.29, 1.82) is 0 Å². The number of aliphatic hydroxyl groups is 1. The molecule has 2 aliphatic rings. The molecule has 2 aromatic rings. The van der Waals surface area contributed by atoms with Crippen LogP contribution >= 0.6 is 0 Å². The number of amides is 4. The summed E-state index contributed by atoms with van der Waals surface area (Å²) >= 11 is 0. The molecule has 0 radical (unpaired) electrons. The molecule has 2 aliphatic heterocycles. The highest BCUT2D eigenvalue weighted by Gasteiger charge is 2.35. The van der Waals surface area contributed by atoms with E-state index in [9.17, 15) is 24.3 Å². The molecule has 0 bridgehead atoms. The van der Waals surface area contributed by atoms with Crippen molar-refractivity contribution in [3.63, 3.8) is 0 Å². The number of aliphatic hydroxyl groups excluding tert-OH is 1. The third kappa shape index (κ3) is 10.7. The van der Waals surface area contributed by atoms with E-state index >= 15 is 0 Å². The van der Waals surface area contributed by atoms with Crippen molar-refractivity contribution in [2.45, 2.75) is 82.6 Å². The molecule has 2 fully saturated rings. The van der Waals surface area contributed by atoms with Gasteiger partial charge in [0.1, 0.15) is 12.1 Å². The van der Waals surface area contributed by atoms with E-state index in [2.05, 4.69) is 16.0 Å². The number of rotatable bonds is 12. The molecule has 0 saturated carbocycles. The van der Waals surface area contributed by atoms with Crippen LogP contribution in [-0.2, 0) is 27.2 Å². The number of carbonyl (C=O) groups excluding carboxylic acids is 3. The zero-order valence-electron chi connectivity index (χ0n) is 24.9. The summed E-state index contributed by atoms with van der Waals surface area (Å²) in [6.07, 6.45) is 2.24. The zero-order valence-corrected chi connectivity index (χ0v) is 24.9. The smallest absolute Gasteiger partial charge is 0.326 e. The summed E-state index contributed by atoms with van der Waals surface area (Å²) in [5.41, 5.74) is 8.47. The fraction of sp³-hybridized carbons (Fsp3) is 0.500. The topological polar surface area (TPSA) is 174 Å². The summed E-state index contributed by atoms with van der Waals surface area (Å²) in [4.78, 5) is 48.0. The van der Waals surface area contributed by atoms with E-state index in [1.54, 1.807) is 4.90 Å². The number of nitrogens with zero attached hydrogens (tertiary/aromatic N) is 1. The minimum absolute atomic E-state index is 0.0495. The maximum absolute atomic E-state index is 13.4. The third-order valence-corrected chi connectivity index (χ3v) is 7.65. The largest absolute Gasteiger partial charge is 0.480 e. The second-order valence-electron chi connectivity index (χ2n) is 11.5. The highest BCUT2D eigenvalue weighted by atomic mass is 16.4. The van der Waals surface area contributed by atoms with Crippen LogP contribution in [0.15, 0.2) is 60.7 Å². The summed E-state index contributed by atoms with van der Waals surface area (Å²) in [5, 5.41) is 27.5. The van der Waals surface area contributed by atoms with Crippen LogP contribution < -0.4 is 21.7 Å². The minimum atomic E-state index is -0.944. The lowest BCUT2D eigenvalue weighted by Crippen LogP contribution is -2.59. The maximum atomic E-state index is 13.4. The number of benzene rings is 2. The molecular weight excluding hydrogens is 550 g/mol. The van der Waals surface area contributed by atoms with E-state index in [1.165, 1.54) is 0 Å². The maximum Gasteiger partial charge on any atom is 0.326 e. The molecule has 0 aromatic heterocycles. The number of carboxylic acid groups (broad SMARTS) is 1. The van der Waals surface area contributed by atoms with E-state index in [4.69, 9.17) is 10.8 Å². The van der Waals surface area contributed by atoms with Gasteiger partial charge in [-0.1, -0.05) is 74.5 Å². The van der Waals surface area contributed by atoms with Crippen molar-refractivity contribution in [2.75, 3.05) is 13.1 Å². The van der Waals surface area contributed by atoms with Gasteiger partial charge >= 0.3 is 12.0 Å². The highest BCUT2D eigenvalue weighted by molar-refractivity contribution is 5.88. The first-order chi connectivity index (χ1) is 20.5. The first-order valence-corrected chi connectivity index (χ1v) is 14.9. The molecule has 11 nitrogen and oxygen atoms in total. The predicted molar refractivity (Wildman–Crippen MR) is 163 cm³/mol. The Morgan fingerprint density at radius 3 is 2.12 bits per heavy atom. The Kier molecular flexibility index (Phi) is 13.0. The van der Waals surface area contributed by atoms with Crippen LogP contribution in [0.25, 0.3) is 0 Å². The van der Waals surface area contributed by atoms with Gasteiger partial charge in [0.05, 0.1) is 6.10 Å². The average Bonchev–Trinajstić information content (AvgIpc) is 3.42. The van der Waals surface area contributed by atoms with Gasteiger partial charge in [0.2, 0.25) is 11.8 Å². The van der Waals surface area contributed by atoms with Crippen molar-refractivity contribution >= 4 is 23.8 Å². The summed E-state index contributed by atoms with van der Waals surface area (Å²) in [6, 6.07) is 17.5. The van der Waals surface area contributed by atoms with Gasteiger partial charge in [-0.05, 0) is 49.1 Å². The molecule has 0 aliphatic carbocycles. The molecule has 11 heteroatoms. The Morgan fingerprint density at radius 2 is 1.63 bits per heavy atom. The number of hydrogen-bond acceptors (Lipinski definition) is 6. The molecule has 0 spiro atoms. The number of aliphatic carboxylic acids is 1. The minimum Gasteiger partial charge on any atom is -0.480 e. The molecule has 2 heterocycles. The molecule has 4 rings (SSSR count). The fourth-order valence-corrected chi connectivity index (χ4v) is 5.38. The van der Waals surface area contributed by atoms with Gasteiger partial charge in [-0.2, -0.15) is 0 Å². The lowest BCUT2D eigenvalue weighted by atomic mass is 9.93. The van der Waals surface area contributed by atoms with Crippen LogP contribution in [0.5, 0.6) is 0 Å². The monoisotopic (exact) mass is 595 g/mol. The van der Waals surface area contributed by atoms with E-state index < -0.39 is 30.2 Å². The van der Waals surface area contributed by atoms with Crippen molar-refractivity contribution < 1.29 is 29.4 Å². The fourth-order valence-electron chi connectivity index (χ4n) is 5.38. The summed E-state index contributed by atoms with van der Waals surface area (Å²) < 4.78 is 0. The first kappa shape index (κ1) is 33.5. The Balaban J connectivity index is 0.000000480. The van der Waals surface area contributed by atoms with Crippen molar-refractivity contribution in [3.05, 3.63) is 71.8 Å². The number of urea groups is 1. The number of nitrogens with two attached hydrogens (primary N) is 1. The molecule has 2 aromatic carbocycles. The first-order valence-electron chi connectivity index (χ1n) is 14.9. The summed E-state index contributed by atoms with van der Waals surface area (Å²) in [6.45, 7) is 5.08. The van der Waals surface area contributed by atoms with Gasteiger partial charge in [0.15, 0.2) is 0 Å². The number of hydrogen-bond donors (Lipinski definition) is 6.